The van der Waals surface area contributed by atoms with Crippen LogP contribution in [0.1, 0.15) is 42.6 Å². The highest BCUT2D eigenvalue weighted by molar-refractivity contribution is 5.98. The van der Waals surface area contributed by atoms with E-state index in [9.17, 15) is 9.59 Å². The van der Waals surface area contributed by atoms with Crippen LogP contribution in [-0.4, -0.2) is 36.4 Å². The zero-order chi connectivity index (χ0) is 19.2. The second-order valence-electron chi connectivity index (χ2n) is 6.67. The van der Waals surface area contributed by atoms with E-state index in [2.05, 4.69) is 6.92 Å². The Labute approximate surface area is 160 Å². The van der Waals surface area contributed by atoms with Crippen LogP contribution in [0.2, 0.25) is 0 Å². The molecule has 5 nitrogen and oxygen atoms in total. The van der Waals surface area contributed by atoms with Gasteiger partial charge in [0.1, 0.15) is 5.75 Å². The van der Waals surface area contributed by atoms with Crippen molar-refractivity contribution in [2.75, 3.05) is 24.6 Å². The lowest BCUT2D eigenvalue weighted by Gasteiger charge is -2.29. The first-order valence-electron chi connectivity index (χ1n) is 9.54. The molecular weight excluding hydrogens is 340 g/mol. The third kappa shape index (κ3) is 4.30. The summed E-state index contributed by atoms with van der Waals surface area (Å²) >= 11 is 0. The molecular formula is C22H26N2O3. The SMILES string of the molecule is CCCCN(CC)C(=O)c1ccc(CN2C(=O)COc3ccccc32)cc1. The minimum absolute atomic E-state index is 0.0521. The van der Waals surface area contributed by atoms with Crippen LogP contribution in [0.25, 0.3) is 0 Å². The van der Waals surface area contributed by atoms with E-state index in [0.717, 1.165) is 36.4 Å². The van der Waals surface area contributed by atoms with E-state index >= 15 is 0 Å². The molecule has 2 aromatic rings. The molecule has 1 heterocycles. The number of nitrogens with zero attached hydrogens (tertiary/aromatic N) is 2. The van der Waals surface area contributed by atoms with Gasteiger partial charge in [-0.1, -0.05) is 37.6 Å². The van der Waals surface area contributed by atoms with Crippen molar-refractivity contribution < 1.29 is 14.3 Å². The maximum absolute atomic E-state index is 12.6. The minimum Gasteiger partial charge on any atom is -0.482 e. The molecule has 142 valence electrons. The van der Waals surface area contributed by atoms with Crippen LogP contribution in [0.5, 0.6) is 5.75 Å². The van der Waals surface area contributed by atoms with Crippen molar-refractivity contribution in [1.29, 1.82) is 0 Å². The predicted molar refractivity (Wildman–Crippen MR) is 106 cm³/mol. The Bertz CT molecular complexity index is 801. The Kier molecular flexibility index (Phi) is 6.12. The first-order valence-corrected chi connectivity index (χ1v) is 9.54. The number of anilines is 1. The van der Waals surface area contributed by atoms with Gasteiger partial charge < -0.3 is 14.5 Å². The molecule has 5 heteroatoms. The first kappa shape index (κ1) is 19.0. The molecule has 0 bridgehead atoms. The summed E-state index contributed by atoms with van der Waals surface area (Å²) < 4.78 is 5.48. The van der Waals surface area contributed by atoms with Crippen molar-refractivity contribution in [2.24, 2.45) is 0 Å². The normalized spacial score (nSPS) is 13.1. The smallest absolute Gasteiger partial charge is 0.265 e. The lowest BCUT2D eigenvalue weighted by molar-refractivity contribution is -0.121. The molecule has 1 aliphatic rings. The van der Waals surface area contributed by atoms with Crippen LogP contribution in [-0.2, 0) is 11.3 Å². The monoisotopic (exact) mass is 366 g/mol. The van der Waals surface area contributed by atoms with E-state index in [1.54, 1.807) is 4.90 Å². The Morgan fingerprint density at radius 2 is 1.85 bits per heavy atom. The quantitative estimate of drug-likeness (QED) is 0.747. The summed E-state index contributed by atoms with van der Waals surface area (Å²) in [6.07, 6.45) is 2.08. The molecule has 0 saturated carbocycles. The molecule has 0 radical (unpaired) electrons. The molecule has 0 atom stereocenters. The van der Waals surface area contributed by atoms with Gasteiger partial charge in [-0.05, 0) is 43.2 Å². The summed E-state index contributed by atoms with van der Waals surface area (Å²) in [5.41, 5.74) is 2.45. The van der Waals surface area contributed by atoms with Crippen molar-refractivity contribution in [2.45, 2.75) is 33.2 Å². The number of hydrogen-bond acceptors (Lipinski definition) is 3. The second kappa shape index (κ2) is 8.71. The van der Waals surface area contributed by atoms with Crippen LogP contribution in [0.3, 0.4) is 0 Å². The molecule has 0 aliphatic carbocycles. The zero-order valence-electron chi connectivity index (χ0n) is 16.0. The van der Waals surface area contributed by atoms with Crippen molar-refractivity contribution in [3.63, 3.8) is 0 Å². The van der Waals surface area contributed by atoms with E-state index in [-0.39, 0.29) is 18.4 Å². The molecule has 0 aromatic heterocycles. The number of fused-ring (bicyclic) bond motifs is 1. The van der Waals surface area contributed by atoms with Gasteiger partial charge in [0.15, 0.2) is 6.61 Å². The average molecular weight is 366 g/mol. The fourth-order valence-electron chi connectivity index (χ4n) is 3.20. The molecule has 0 unspecified atom stereocenters. The fraction of sp³-hybridized carbons (Fsp3) is 0.364. The molecule has 0 saturated heterocycles. The molecule has 0 spiro atoms. The molecule has 0 N–H and O–H groups in total. The largest absolute Gasteiger partial charge is 0.482 e. The first-order chi connectivity index (χ1) is 13.1. The van der Waals surface area contributed by atoms with Gasteiger partial charge in [-0.2, -0.15) is 0 Å². The van der Waals surface area contributed by atoms with Gasteiger partial charge in [-0.15, -0.1) is 0 Å². The fourth-order valence-corrected chi connectivity index (χ4v) is 3.20. The van der Waals surface area contributed by atoms with Gasteiger partial charge in [0, 0.05) is 18.7 Å². The number of hydrogen-bond donors (Lipinski definition) is 0. The highest BCUT2D eigenvalue weighted by Gasteiger charge is 2.25. The Morgan fingerprint density at radius 1 is 1.11 bits per heavy atom. The molecule has 2 amide bonds. The molecule has 2 aromatic carbocycles. The lowest BCUT2D eigenvalue weighted by atomic mass is 10.1. The number of rotatable bonds is 7. The number of benzene rings is 2. The predicted octanol–water partition coefficient (Wildman–Crippen LogP) is 3.87. The number of carbonyl (C=O) groups is 2. The zero-order valence-corrected chi connectivity index (χ0v) is 16.0. The number of unbranched alkanes of at least 4 members (excludes halogenated alkanes) is 1. The van der Waals surface area contributed by atoms with Crippen LogP contribution in [0, 0.1) is 0 Å². The maximum Gasteiger partial charge on any atom is 0.265 e. The highest BCUT2D eigenvalue weighted by atomic mass is 16.5. The van der Waals surface area contributed by atoms with E-state index in [1.165, 1.54) is 0 Å². The van der Waals surface area contributed by atoms with Crippen LogP contribution in [0.4, 0.5) is 5.69 Å². The van der Waals surface area contributed by atoms with Crippen molar-refractivity contribution in [3.05, 3.63) is 59.7 Å². The number of carbonyl (C=O) groups excluding carboxylic acids is 2. The molecule has 1 aliphatic heterocycles. The molecule has 0 fully saturated rings. The summed E-state index contributed by atoms with van der Waals surface area (Å²) in [4.78, 5) is 28.6. The minimum atomic E-state index is -0.0643. The Hall–Kier alpha value is -2.82. The summed E-state index contributed by atoms with van der Waals surface area (Å²) in [5.74, 6) is 0.717. The van der Waals surface area contributed by atoms with Gasteiger partial charge in [-0.25, -0.2) is 0 Å². The van der Waals surface area contributed by atoms with Crippen molar-refractivity contribution in [1.82, 2.24) is 4.90 Å². The third-order valence-electron chi connectivity index (χ3n) is 4.80. The van der Waals surface area contributed by atoms with Gasteiger partial charge in [0.05, 0.1) is 12.2 Å². The Morgan fingerprint density at radius 3 is 2.56 bits per heavy atom. The van der Waals surface area contributed by atoms with Gasteiger partial charge >= 0.3 is 0 Å². The van der Waals surface area contributed by atoms with Gasteiger partial charge in [-0.3, -0.25) is 9.59 Å². The summed E-state index contributed by atoms with van der Waals surface area (Å²) in [6, 6.07) is 15.1. The summed E-state index contributed by atoms with van der Waals surface area (Å²) in [7, 11) is 0. The van der Waals surface area contributed by atoms with E-state index in [0.29, 0.717) is 18.7 Å². The van der Waals surface area contributed by atoms with Gasteiger partial charge in [0.25, 0.3) is 11.8 Å². The van der Waals surface area contributed by atoms with E-state index in [1.807, 2.05) is 60.4 Å². The summed E-state index contributed by atoms with van der Waals surface area (Å²) in [6.45, 7) is 6.13. The second-order valence-corrected chi connectivity index (χ2v) is 6.67. The number of para-hydroxylation sites is 2. The number of amides is 2. The third-order valence-corrected chi connectivity index (χ3v) is 4.80. The molecule has 3 rings (SSSR count). The van der Waals surface area contributed by atoms with Crippen molar-refractivity contribution in [3.8, 4) is 5.75 Å². The number of ether oxygens (including phenoxy) is 1. The van der Waals surface area contributed by atoms with Crippen LogP contribution >= 0.6 is 0 Å². The highest BCUT2D eigenvalue weighted by Crippen LogP contribution is 2.32. The lowest BCUT2D eigenvalue weighted by Crippen LogP contribution is -2.38. The topological polar surface area (TPSA) is 49.9 Å². The average Bonchev–Trinajstić information content (AvgIpc) is 2.71. The van der Waals surface area contributed by atoms with Gasteiger partial charge in [0.2, 0.25) is 0 Å². The maximum atomic E-state index is 12.6. The standard InChI is InChI=1S/C22H26N2O3/c1-3-5-14-23(4-2)22(26)18-12-10-17(11-13-18)15-24-19-8-6-7-9-20(19)27-16-21(24)25/h6-13H,3-5,14-16H2,1-2H3. The molecule has 27 heavy (non-hydrogen) atoms. The van der Waals surface area contributed by atoms with Crippen LogP contribution in [0.15, 0.2) is 48.5 Å². The van der Waals surface area contributed by atoms with E-state index in [4.69, 9.17) is 4.74 Å². The van der Waals surface area contributed by atoms with Crippen LogP contribution < -0.4 is 9.64 Å². The van der Waals surface area contributed by atoms with E-state index < -0.39 is 0 Å². The van der Waals surface area contributed by atoms with Crippen molar-refractivity contribution >= 4 is 17.5 Å². The Balaban J connectivity index is 1.73. The summed E-state index contributed by atoms with van der Waals surface area (Å²) in [5, 5.41) is 0.